The zero-order valence-corrected chi connectivity index (χ0v) is 14.2. The van der Waals surface area contributed by atoms with Gasteiger partial charge in [0.25, 0.3) is 0 Å². The van der Waals surface area contributed by atoms with Gasteiger partial charge in [-0.15, -0.1) is 0 Å². The molecule has 1 N–H and O–H groups in total. The predicted molar refractivity (Wildman–Crippen MR) is 86.1 cm³/mol. The fourth-order valence-corrected chi connectivity index (χ4v) is 3.18. The summed E-state index contributed by atoms with van der Waals surface area (Å²) in [5.74, 6) is -2.43. The predicted octanol–water partition coefficient (Wildman–Crippen LogP) is 3.34. The number of carbonyl (C=O) groups is 4. The van der Waals surface area contributed by atoms with Gasteiger partial charge in [0.2, 0.25) is 0 Å². The molecule has 0 aromatic heterocycles. The smallest absolute Gasteiger partial charge is 0.303 e. The molecule has 1 fully saturated rings. The summed E-state index contributed by atoms with van der Waals surface area (Å²) in [5, 5.41) is 8.52. The van der Waals surface area contributed by atoms with Crippen LogP contribution in [-0.2, 0) is 19.2 Å². The lowest BCUT2D eigenvalue weighted by atomic mass is 9.70. The third kappa shape index (κ3) is 7.06. The zero-order valence-electron chi connectivity index (χ0n) is 14.2. The molecule has 0 spiro atoms. The first-order valence-electron chi connectivity index (χ1n) is 8.53. The lowest BCUT2D eigenvalue weighted by Gasteiger charge is -2.31. The second-order valence-electron chi connectivity index (χ2n) is 7.36. The van der Waals surface area contributed by atoms with Crippen molar-refractivity contribution in [3.63, 3.8) is 0 Å². The van der Waals surface area contributed by atoms with Crippen LogP contribution in [0.3, 0.4) is 0 Å². The molecule has 0 amide bonds. The highest BCUT2D eigenvalue weighted by Gasteiger charge is 2.42. The van der Waals surface area contributed by atoms with Gasteiger partial charge in [0.05, 0.1) is 0 Å². The molecule has 0 aromatic carbocycles. The molecule has 5 nitrogen and oxygen atoms in total. The maximum atomic E-state index is 12.1. The van der Waals surface area contributed by atoms with Crippen molar-refractivity contribution < 1.29 is 24.3 Å². The van der Waals surface area contributed by atoms with Crippen molar-refractivity contribution in [2.45, 2.75) is 78.1 Å². The number of carboxylic acids is 1. The number of hydrogen-bond donors (Lipinski definition) is 1. The van der Waals surface area contributed by atoms with E-state index in [4.69, 9.17) is 5.11 Å². The summed E-state index contributed by atoms with van der Waals surface area (Å²) in [7, 11) is 0. The summed E-state index contributed by atoms with van der Waals surface area (Å²) in [6, 6.07) is 0. The van der Waals surface area contributed by atoms with Gasteiger partial charge in [-0.2, -0.15) is 0 Å². The molecular weight excluding hydrogens is 296 g/mol. The fraction of sp³-hybridized carbons (Fsp3) is 0.778. The summed E-state index contributed by atoms with van der Waals surface area (Å²) in [6.45, 7) is 3.77. The van der Waals surface area contributed by atoms with Crippen LogP contribution in [0.5, 0.6) is 0 Å². The van der Waals surface area contributed by atoms with Gasteiger partial charge in [0.1, 0.15) is 5.92 Å². The van der Waals surface area contributed by atoms with Crippen LogP contribution in [-0.4, -0.2) is 28.4 Å². The zero-order chi connectivity index (χ0) is 17.5. The monoisotopic (exact) mass is 324 g/mol. The maximum Gasteiger partial charge on any atom is 0.303 e. The first kappa shape index (κ1) is 19.5. The minimum absolute atomic E-state index is 0.209. The summed E-state index contributed by atoms with van der Waals surface area (Å²) in [4.78, 5) is 46.6. The van der Waals surface area contributed by atoms with Crippen LogP contribution in [0, 0.1) is 11.3 Å². The molecule has 1 saturated carbocycles. The number of rotatable bonds is 10. The Bertz CT molecular complexity index is 444. The summed E-state index contributed by atoms with van der Waals surface area (Å²) < 4.78 is 0. The normalized spacial score (nSPS) is 18.2. The van der Waals surface area contributed by atoms with E-state index in [0.717, 1.165) is 25.7 Å². The van der Waals surface area contributed by atoms with Crippen molar-refractivity contribution in [3.05, 3.63) is 0 Å². The average Bonchev–Trinajstić information content (AvgIpc) is 2.39. The van der Waals surface area contributed by atoms with Crippen molar-refractivity contribution in [2.24, 2.45) is 11.3 Å². The van der Waals surface area contributed by atoms with Crippen molar-refractivity contribution >= 4 is 23.3 Å². The number of carboxylic acid groups (broad SMARTS) is 1. The van der Waals surface area contributed by atoms with Crippen molar-refractivity contribution in [2.75, 3.05) is 0 Å². The van der Waals surface area contributed by atoms with Crippen molar-refractivity contribution in [1.82, 2.24) is 0 Å². The van der Waals surface area contributed by atoms with Crippen LogP contribution in [0.1, 0.15) is 78.1 Å². The SMILES string of the molecule is CC1(C)CC(=O)C(C(=O)CCCCCCCCC(=O)O)C(=O)C1. The minimum Gasteiger partial charge on any atom is -0.481 e. The Morgan fingerprint density at radius 2 is 1.35 bits per heavy atom. The quantitative estimate of drug-likeness (QED) is 0.492. The van der Waals surface area contributed by atoms with E-state index < -0.39 is 11.9 Å². The lowest BCUT2D eigenvalue weighted by Crippen LogP contribution is -2.41. The van der Waals surface area contributed by atoms with E-state index in [1.807, 2.05) is 13.8 Å². The number of hydrogen-bond acceptors (Lipinski definition) is 4. The van der Waals surface area contributed by atoms with Crippen molar-refractivity contribution in [3.8, 4) is 0 Å². The molecule has 0 radical (unpaired) electrons. The molecule has 1 aliphatic carbocycles. The highest BCUT2D eigenvalue weighted by atomic mass is 16.4. The Labute approximate surface area is 137 Å². The molecule has 1 aliphatic rings. The average molecular weight is 324 g/mol. The van der Waals surface area contributed by atoms with Crippen molar-refractivity contribution in [1.29, 1.82) is 0 Å². The first-order chi connectivity index (χ1) is 10.7. The number of carbonyl (C=O) groups excluding carboxylic acids is 3. The molecule has 0 heterocycles. The number of aliphatic carboxylic acids is 1. The molecule has 0 atom stereocenters. The topological polar surface area (TPSA) is 88.5 Å². The van der Waals surface area contributed by atoms with Gasteiger partial charge >= 0.3 is 5.97 Å². The Morgan fingerprint density at radius 1 is 0.913 bits per heavy atom. The number of unbranched alkanes of at least 4 members (excludes halogenated alkanes) is 5. The summed E-state index contributed by atoms with van der Waals surface area (Å²) in [5.41, 5.74) is -0.319. The first-order valence-corrected chi connectivity index (χ1v) is 8.53. The van der Waals surface area contributed by atoms with E-state index in [1.165, 1.54) is 0 Å². The van der Waals surface area contributed by atoms with Gasteiger partial charge in [-0.05, 0) is 18.3 Å². The van der Waals surface area contributed by atoms with Gasteiger partial charge in [-0.3, -0.25) is 19.2 Å². The standard InChI is InChI=1S/C18H28O5/c1-18(2)11-14(20)17(15(21)12-18)13(19)9-7-5-3-4-6-8-10-16(22)23/h17H,3-12H2,1-2H3,(H,22,23). The van der Waals surface area contributed by atoms with E-state index in [2.05, 4.69) is 0 Å². The largest absolute Gasteiger partial charge is 0.481 e. The van der Waals surface area contributed by atoms with Gasteiger partial charge in [0, 0.05) is 25.7 Å². The minimum atomic E-state index is -1.02. The Balaban J connectivity index is 2.20. The Hall–Kier alpha value is -1.52. The van der Waals surface area contributed by atoms with Crippen LogP contribution in [0.4, 0.5) is 0 Å². The summed E-state index contributed by atoms with van der Waals surface area (Å²) in [6.07, 6.45) is 6.15. The van der Waals surface area contributed by atoms with E-state index in [0.29, 0.717) is 25.7 Å². The third-order valence-corrected chi connectivity index (χ3v) is 4.34. The van der Waals surface area contributed by atoms with E-state index >= 15 is 0 Å². The number of Topliss-reactive ketones (excluding diaryl/α,β-unsaturated/α-hetero) is 3. The third-order valence-electron chi connectivity index (χ3n) is 4.34. The van der Waals surface area contributed by atoms with Gasteiger partial charge in [-0.25, -0.2) is 0 Å². The van der Waals surface area contributed by atoms with Crippen LogP contribution in [0.25, 0.3) is 0 Å². The molecule has 0 unspecified atom stereocenters. The second kappa shape index (κ2) is 8.94. The van der Waals surface area contributed by atoms with Gasteiger partial charge in [-0.1, -0.05) is 39.5 Å². The van der Waals surface area contributed by atoms with Gasteiger partial charge < -0.3 is 5.11 Å². The van der Waals surface area contributed by atoms with E-state index in [-0.39, 0.29) is 35.6 Å². The van der Waals surface area contributed by atoms with Crippen LogP contribution in [0.2, 0.25) is 0 Å². The van der Waals surface area contributed by atoms with Crippen LogP contribution >= 0.6 is 0 Å². The van der Waals surface area contributed by atoms with Crippen LogP contribution < -0.4 is 0 Å². The Kier molecular flexibility index (Phi) is 7.59. The number of ketones is 3. The van der Waals surface area contributed by atoms with E-state index in [9.17, 15) is 19.2 Å². The van der Waals surface area contributed by atoms with Crippen LogP contribution in [0.15, 0.2) is 0 Å². The molecule has 0 bridgehead atoms. The summed E-state index contributed by atoms with van der Waals surface area (Å²) >= 11 is 0. The molecule has 0 aliphatic heterocycles. The molecule has 0 aromatic rings. The highest BCUT2D eigenvalue weighted by Crippen LogP contribution is 2.34. The van der Waals surface area contributed by atoms with E-state index in [1.54, 1.807) is 0 Å². The van der Waals surface area contributed by atoms with Gasteiger partial charge in [0.15, 0.2) is 17.3 Å². The highest BCUT2D eigenvalue weighted by molar-refractivity contribution is 6.20. The maximum absolute atomic E-state index is 12.1. The molecule has 0 saturated heterocycles. The molecule has 23 heavy (non-hydrogen) atoms. The molecule has 5 heteroatoms. The molecule has 1 rings (SSSR count). The molecule has 130 valence electrons. The molecular formula is C18H28O5. The fourth-order valence-electron chi connectivity index (χ4n) is 3.18. The Morgan fingerprint density at radius 3 is 1.83 bits per heavy atom. The second-order valence-corrected chi connectivity index (χ2v) is 7.36. The lowest BCUT2D eigenvalue weighted by molar-refractivity contribution is -0.145.